The largest absolute Gasteiger partial charge is 0.490 e. The Morgan fingerprint density at radius 3 is 2.55 bits per heavy atom. The number of amides is 1. The zero-order chi connectivity index (χ0) is 28.9. The first-order chi connectivity index (χ1) is 20.6. The van der Waals surface area contributed by atoms with Gasteiger partial charge in [0.05, 0.1) is 11.4 Å². The topological polar surface area (TPSA) is 96.5 Å². The van der Waals surface area contributed by atoms with Crippen molar-refractivity contribution in [3.63, 3.8) is 0 Å². The first kappa shape index (κ1) is 27.6. The molecule has 9 heteroatoms. The molecule has 2 aromatic carbocycles. The number of nitrogens with zero attached hydrogens (tertiary/aromatic N) is 5. The lowest BCUT2D eigenvalue weighted by Crippen LogP contribution is -2.47. The van der Waals surface area contributed by atoms with Crippen molar-refractivity contribution in [2.24, 2.45) is 0 Å². The van der Waals surface area contributed by atoms with Crippen molar-refractivity contribution in [2.45, 2.75) is 12.5 Å². The molecule has 0 radical (unpaired) electrons. The third-order valence-corrected chi connectivity index (χ3v) is 7.62. The molecule has 1 saturated heterocycles. The molecule has 1 unspecified atom stereocenters. The fourth-order valence-electron chi connectivity index (χ4n) is 5.18. The number of carbonyl (C=O) groups is 1. The van der Waals surface area contributed by atoms with Crippen LogP contribution in [0.5, 0.6) is 5.75 Å². The quantitative estimate of drug-likeness (QED) is 0.277. The average molecular weight is 563 g/mol. The van der Waals surface area contributed by atoms with Crippen molar-refractivity contribution in [1.82, 2.24) is 29.7 Å². The van der Waals surface area contributed by atoms with Crippen molar-refractivity contribution < 1.29 is 14.3 Å². The third kappa shape index (κ3) is 6.32. The Balaban J connectivity index is 1.14. The molecular formula is C33H34N6O3. The van der Waals surface area contributed by atoms with Gasteiger partial charge in [0, 0.05) is 69.1 Å². The molecule has 0 saturated carbocycles. The molecule has 42 heavy (non-hydrogen) atoms. The molecule has 1 aliphatic rings. The smallest absolute Gasteiger partial charge is 0.270 e. The molecule has 1 aliphatic heterocycles. The third-order valence-electron chi connectivity index (χ3n) is 7.62. The van der Waals surface area contributed by atoms with Crippen molar-refractivity contribution in [1.29, 1.82) is 0 Å². The Bertz CT molecular complexity index is 1660. The Morgan fingerprint density at radius 2 is 1.74 bits per heavy atom. The number of likely N-dealkylation sites (N-methyl/N-ethyl adjacent to an activating group) is 1. The van der Waals surface area contributed by atoms with Gasteiger partial charge in [-0.25, -0.2) is 9.97 Å². The molecule has 6 rings (SSSR count). The second-order valence-electron chi connectivity index (χ2n) is 10.6. The highest BCUT2D eigenvalue weighted by Gasteiger charge is 2.22. The maximum absolute atomic E-state index is 13.0. The molecule has 9 nitrogen and oxygen atoms in total. The summed E-state index contributed by atoms with van der Waals surface area (Å²) in [6.07, 6.45) is 3.86. The van der Waals surface area contributed by atoms with Crippen molar-refractivity contribution in [3.05, 3.63) is 108 Å². The van der Waals surface area contributed by atoms with Crippen LogP contribution in [0.3, 0.4) is 0 Å². The molecule has 4 heterocycles. The minimum atomic E-state index is -0.174. The van der Waals surface area contributed by atoms with E-state index in [9.17, 15) is 4.79 Å². The summed E-state index contributed by atoms with van der Waals surface area (Å²) in [4.78, 5) is 34.3. The summed E-state index contributed by atoms with van der Waals surface area (Å²) in [6, 6.07) is 23.7. The zero-order valence-electron chi connectivity index (χ0n) is 23.9. The number of aromatic amines is 1. The van der Waals surface area contributed by atoms with Crippen LogP contribution in [0.25, 0.3) is 22.3 Å². The second kappa shape index (κ2) is 12.5. The van der Waals surface area contributed by atoms with E-state index in [0.29, 0.717) is 36.0 Å². The number of ether oxygens (including phenoxy) is 2. The standard InChI is InChI=1S/C33H34N6O3/c1-38-14-16-39(17-15-38)33(40)30-20-25-18-23(8-9-27(25)36-30)19-32-35-13-11-28(37-32)29-21-26(10-12-34-29)42-22-31(41-2)24-6-4-3-5-7-24/h3-13,18,20-21,31,36H,14-17,19,22H2,1-2H3. The number of rotatable bonds is 9. The summed E-state index contributed by atoms with van der Waals surface area (Å²) in [7, 11) is 3.77. The number of pyridine rings is 1. The summed E-state index contributed by atoms with van der Waals surface area (Å²) in [5.74, 6) is 1.43. The van der Waals surface area contributed by atoms with E-state index in [4.69, 9.17) is 14.5 Å². The number of piperazine rings is 1. The predicted octanol–water partition coefficient (Wildman–Crippen LogP) is 4.76. The van der Waals surface area contributed by atoms with E-state index < -0.39 is 0 Å². The molecule has 1 N–H and O–H groups in total. The lowest BCUT2D eigenvalue weighted by atomic mass is 10.1. The summed E-state index contributed by atoms with van der Waals surface area (Å²) in [6.45, 7) is 3.65. The maximum atomic E-state index is 13.0. The van der Waals surface area contributed by atoms with Gasteiger partial charge in [-0.15, -0.1) is 0 Å². The number of methoxy groups -OCH3 is 1. The van der Waals surface area contributed by atoms with E-state index >= 15 is 0 Å². The first-order valence-corrected chi connectivity index (χ1v) is 14.1. The highest BCUT2D eigenvalue weighted by molar-refractivity contribution is 5.98. The molecule has 214 valence electrons. The minimum Gasteiger partial charge on any atom is -0.490 e. The summed E-state index contributed by atoms with van der Waals surface area (Å²) >= 11 is 0. The van der Waals surface area contributed by atoms with Crippen LogP contribution in [-0.2, 0) is 11.2 Å². The fourth-order valence-corrected chi connectivity index (χ4v) is 5.18. The number of hydrogen-bond acceptors (Lipinski definition) is 7. The van der Waals surface area contributed by atoms with Crippen LogP contribution < -0.4 is 4.74 Å². The zero-order valence-corrected chi connectivity index (χ0v) is 23.9. The molecule has 3 aromatic heterocycles. The van der Waals surface area contributed by atoms with Crippen LogP contribution in [0, 0.1) is 0 Å². The molecule has 0 spiro atoms. The van der Waals surface area contributed by atoms with Crippen LogP contribution in [0.2, 0.25) is 0 Å². The van der Waals surface area contributed by atoms with Crippen LogP contribution in [-0.4, -0.2) is 82.6 Å². The van der Waals surface area contributed by atoms with E-state index in [1.54, 1.807) is 19.5 Å². The van der Waals surface area contributed by atoms with E-state index in [0.717, 1.165) is 53.9 Å². The van der Waals surface area contributed by atoms with Gasteiger partial charge < -0.3 is 24.3 Å². The van der Waals surface area contributed by atoms with Crippen molar-refractivity contribution >= 4 is 16.8 Å². The highest BCUT2D eigenvalue weighted by Crippen LogP contribution is 2.24. The van der Waals surface area contributed by atoms with Crippen molar-refractivity contribution in [2.75, 3.05) is 46.9 Å². The fraction of sp³-hybridized carbons (Fsp3) is 0.273. The van der Waals surface area contributed by atoms with E-state index in [1.807, 2.05) is 71.6 Å². The minimum absolute atomic E-state index is 0.0494. The van der Waals surface area contributed by atoms with Crippen LogP contribution >= 0.6 is 0 Å². The molecule has 1 amide bonds. The summed E-state index contributed by atoms with van der Waals surface area (Å²) in [5, 5.41) is 0.998. The van der Waals surface area contributed by atoms with E-state index in [2.05, 4.69) is 33.0 Å². The first-order valence-electron chi connectivity index (χ1n) is 14.1. The number of aromatic nitrogens is 4. The molecule has 1 atom stereocenters. The summed E-state index contributed by atoms with van der Waals surface area (Å²) < 4.78 is 11.7. The SMILES string of the molecule is COC(COc1ccnc(-c2ccnc(Cc3ccc4[nH]c(C(=O)N5CCN(C)CC5)cc4c3)n2)c1)c1ccccc1. The summed E-state index contributed by atoms with van der Waals surface area (Å²) in [5.41, 5.74) is 5.12. The Kier molecular flexibility index (Phi) is 8.21. The van der Waals surface area contributed by atoms with Gasteiger partial charge >= 0.3 is 0 Å². The Morgan fingerprint density at radius 1 is 0.929 bits per heavy atom. The normalized spacial score (nSPS) is 14.7. The molecule has 5 aromatic rings. The molecule has 1 fully saturated rings. The van der Waals surface area contributed by atoms with Crippen LogP contribution in [0.1, 0.15) is 33.5 Å². The van der Waals surface area contributed by atoms with Crippen LogP contribution in [0.4, 0.5) is 0 Å². The molecule has 0 aliphatic carbocycles. The average Bonchev–Trinajstić information content (AvgIpc) is 3.46. The van der Waals surface area contributed by atoms with Crippen molar-refractivity contribution in [3.8, 4) is 17.1 Å². The second-order valence-corrected chi connectivity index (χ2v) is 10.6. The lowest BCUT2D eigenvalue weighted by molar-refractivity contribution is 0.0576. The number of nitrogens with one attached hydrogen (secondary N) is 1. The van der Waals surface area contributed by atoms with E-state index in [-0.39, 0.29) is 12.0 Å². The van der Waals surface area contributed by atoms with Gasteiger partial charge in [-0.3, -0.25) is 9.78 Å². The van der Waals surface area contributed by atoms with Gasteiger partial charge in [-0.1, -0.05) is 36.4 Å². The number of hydrogen-bond donors (Lipinski definition) is 1. The van der Waals surface area contributed by atoms with Gasteiger partial charge in [0.25, 0.3) is 5.91 Å². The van der Waals surface area contributed by atoms with Crippen LogP contribution in [0.15, 0.2) is 85.2 Å². The monoisotopic (exact) mass is 562 g/mol. The number of fused-ring (bicyclic) bond motifs is 1. The van der Waals surface area contributed by atoms with E-state index in [1.165, 1.54) is 0 Å². The number of H-pyrrole nitrogens is 1. The maximum Gasteiger partial charge on any atom is 0.270 e. The molecular weight excluding hydrogens is 528 g/mol. The number of benzene rings is 2. The van der Waals surface area contributed by atoms with Gasteiger partial charge in [0.1, 0.15) is 30.0 Å². The van der Waals surface area contributed by atoms with Gasteiger partial charge in [0.2, 0.25) is 0 Å². The Hall–Kier alpha value is -4.60. The molecule has 0 bridgehead atoms. The highest BCUT2D eigenvalue weighted by atomic mass is 16.5. The lowest BCUT2D eigenvalue weighted by Gasteiger charge is -2.32. The predicted molar refractivity (Wildman–Crippen MR) is 161 cm³/mol. The Labute approximate surface area is 245 Å². The van der Waals surface area contributed by atoms with Gasteiger partial charge in [-0.2, -0.15) is 0 Å². The number of carbonyl (C=O) groups excluding carboxylic acids is 1. The van der Waals surface area contributed by atoms with Gasteiger partial charge in [0.15, 0.2) is 0 Å². The van der Waals surface area contributed by atoms with Gasteiger partial charge in [-0.05, 0) is 48.5 Å².